The second-order valence-electron chi connectivity index (χ2n) is 4.35. The lowest BCUT2D eigenvalue weighted by molar-refractivity contribution is 0.510. The van der Waals surface area contributed by atoms with Crippen molar-refractivity contribution in [3.05, 3.63) is 35.0 Å². The van der Waals surface area contributed by atoms with Crippen LogP contribution in [0.15, 0.2) is 12.1 Å². The van der Waals surface area contributed by atoms with E-state index in [0.29, 0.717) is 23.5 Å². The van der Waals surface area contributed by atoms with E-state index in [1.807, 2.05) is 0 Å². The highest BCUT2D eigenvalue weighted by Crippen LogP contribution is 2.29. The Morgan fingerprint density at radius 2 is 2.00 bits per heavy atom. The van der Waals surface area contributed by atoms with E-state index in [1.54, 1.807) is 0 Å². The molecular formula is C12H12F2N2. The van der Waals surface area contributed by atoms with Gasteiger partial charge < -0.3 is 10.3 Å². The maximum absolute atomic E-state index is 13.7. The van der Waals surface area contributed by atoms with E-state index >= 15 is 0 Å². The van der Waals surface area contributed by atoms with Crippen molar-refractivity contribution in [2.24, 2.45) is 0 Å². The second kappa shape index (κ2) is 3.28. The number of rotatable bonds is 0. The fourth-order valence-corrected chi connectivity index (χ4v) is 2.37. The Bertz CT molecular complexity index is 560. The molecule has 0 saturated heterocycles. The van der Waals surface area contributed by atoms with Gasteiger partial charge in [0.15, 0.2) is 0 Å². The van der Waals surface area contributed by atoms with Crippen molar-refractivity contribution in [2.75, 3.05) is 0 Å². The Morgan fingerprint density at radius 1 is 1.25 bits per heavy atom. The van der Waals surface area contributed by atoms with Crippen LogP contribution in [-0.2, 0) is 13.0 Å². The van der Waals surface area contributed by atoms with Crippen LogP contribution >= 0.6 is 0 Å². The summed E-state index contributed by atoms with van der Waals surface area (Å²) in [6, 6.07) is 2.69. The normalized spacial score (nSPS) is 20.1. The summed E-state index contributed by atoms with van der Waals surface area (Å²) in [5.74, 6) is -0.747. The van der Waals surface area contributed by atoms with Crippen LogP contribution < -0.4 is 5.32 Å². The molecule has 4 heteroatoms. The van der Waals surface area contributed by atoms with E-state index in [2.05, 4.69) is 17.2 Å². The van der Waals surface area contributed by atoms with Crippen molar-refractivity contribution in [1.82, 2.24) is 10.3 Å². The molecule has 0 spiro atoms. The van der Waals surface area contributed by atoms with Crippen molar-refractivity contribution in [3.63, 3.8) is 0 Å². The van der Waals surface area contributed by atoms with Crippen LogP contribution in [0, 0.1) is 11.6 Å². The highest BCUT2D eigenvalue weighted by Gasteiger charge is 2.22. The highest BCUT2D eigenvalue weighted by molar-refractivity contribution is 5.86. The van der Waals surface area contributed by atoms with Gasteiger partial charge in [0.25, 0.3) is 0 Å². The molecule has 2 N–H and O–H groups in total. The number of aromatic nitrogens is 1. The van der Waals surface area contributed by atoms with Gasteiger partial charge in [0, 0.05) is 30.1 Å². The van der Waals surface area contributed by atoms with Crippen LogP contribution in [0.5, 0.6) is 0 Å². The van der Waals surface area contributed by atoms with E-state index in [-0.39, 0.29) is 5.82 Å². The number of nitrogens with one attached hydrogen (secondary N) is 2. The number of aromatic amines is 1. The Labute approximate surface area is 91.7 Å². The number of H-pyrrole nitrogens is 1. The minimum atomic E-state index is -0.390. The maximum Gasteiger partial charge on any atom is 0.147 e. The summed E-state index contributed by atoms with van der Waals surface area (Å²) in [6.07, 6.45) is 0.781. The van der Waals surface area contributed by atoms with Crippen LogP contribution in [0.1, 0.15) is 18.2 Å². The number of benzene rings is 1. The molecule has 1 atom stereocenters. The zero-order valence-electron chi connectivity index (χ0n) is 8.90. The van der Waals surface area contributed by atoms with Gasteiger partial charge >= 0.3 is 0 Å². The van der Waals surface area contributed by atoms with Crippen molar-refractivity contribution >= 4 is 10.9 Å². The number of hydrogen-bond acceptors (Lipinski definition) is 1. The van der Waals surface area contributed by atoms with Gasteiger partial charge in [0.2, 0.25) is 0 Å². The van der Waals surface area contributed by atoms with Crippen molar-refractivity contribution < 1.29 is 8.78 Å². The zero-order valence-corrected chi connectivity index (χ0v) is 8.90. The molecule has 0 amide bonds. The summed E-state index contributed by atoms with van der Waals surface area (Å²) < 4.78 is 27.2. The molecule has 0 saturated carbocycles. The molecule has 2 aromatic rings. The largest absolute Gasteiger partial charge is 0.356 e. The fourth-order valence-electron chi connectivity index (χ4n) is 2.37. The van der Waals surface area contributed by atoms with Gasteiger partial charge in [-0.15, -0.1) is 0 Å². The number of fused-ring (bicyclic) bond motifs is 3. The van der Waals surface area contributed by atoms with Gasteiger partial charge in [0.1, 0.15) is 11.6 Å². The molecule has 0 aliphatic carbocycles. The molecule has 3 rings (SSSR count). The first-order chi connectivity index (χ1) is 7.66. The van der Waals surface area contributed by atoms with Gasteiger partial charge in [-0.05, 0) is 24.6 Å². The first kappa shape index (κ1) is 9.78. The lowest BCUT2D eigenvalue weighted by Gasteiger charge is -2.20. The Hall–Kier alpha value is -1.42. The van der Waals surface area contributed by atoms with Crippen LogP contribution in [0.2, 0.25) is 0 Å². The monoisotopic (exact) mass is 222 g/mol. The minimum absolute atomic E-state index is 0.292. The van der Waals surface area contributed by atoms with Crippen molar-refractivity contribution in [3.8, 4) is 0 Å². The lowest BCUT2D eigenvalue weighted by Crippen LogP contribution is -2.32. The van der Waals surface area contributed by atoms with Crippen molar-refractivity contribution in [1.29, 1.82) is 0 Å². The summed E-state index contributed by atoms with van der Waals surface area (Å²) in [5, 5.41) is 3.65. The number of halogens is 2. The van der Waals surface area contributed by atoms with Crippen molar-refractivity contribution in [2.45, 2.75) is 25.9 Å². The number of hydrogen-bond donors (Lipinski definition) is 2. The van der Waals surface area contributed by atoms with Crippen LogP contribution in [0.25, 0.3) is 10.9 Å². The average molecular weight is 222 g/mol. The Morgan fingerprint density at radius 3 is 2.81 bits per heavy atom. The SMILES string of the molecule is CC1Cc2[nH]c3c(F)ccc(F)c3c2CN1. The minimum Gasteiger partial charge on any atom is -0.356 e. The second-order valence-corrected chi connectivity index (χ2v) is 4.35. The van der Waals surface area contributed by atoms with Crippen LogP contribution in [0.3, 0.4) is 0 Å². The quantitative estimate of drug-likeness (QED) is 0.704. The molecule has 1 aliphatic heterocycles. The molecule has 1 aromatic heterocycles. The standard InChI is InChI=1S/C12H12F2N2/c1-6-4-10-7(5-15-6)11-8(13)2-3-9(14)12(11)16-10/h2-3,6,15-16H,4-5H2,1H3. The van der Waals surface area contributed by atoms with Gasteiger partial charge in [-0.25, -0.2) is 8.78 Å². The first-order valence-electron chi connectivity index (χ1n) is 5.37. The van der Waals surface area contributed by atoms with Gasteiger partial charge in [-0.3, -0.25) is 0 Å². The molecule has 16 heavy (non-hydrogen) atoms. The lowest BCUT2D eigenvalue weighted by atomic mass is 10.0. The smallest absolute Gasteiger partial charge is 0.147 e. The molecule has 1 unspecified atom stereocenters. The predicted molar refractivity (Wildman–Crippen MR) is 58.2 cm³/mol. The van der Waals surface area contributed by atoms with Crippen LogP contribution in [-0.4, -0.2) is 11.0 Å². The highest BCUT2D eigenvalue weighted by atomic mass is 19.1. The maximum atomic E-state index is 13.7. The molecule has 0 bridgehead atoms. The summed E-state index contributed by atoms with van der Waals surface area (Å²) >= 11 is 0. The zero-order chi connectivity index (χ0) is 11.3. The molecule has 1 aliphatic rings. The third-order valence-electron chi connectivity index (χ3n) is 3.18. The topological polar surface area (TPSA) is 27.8 Å². The third kappa shape index (κ3) is 1.26. The Kier molecular flexibility index (Phi) is 2.01. The third-order valence-corrected chi connectivity index (χ3v) is 3.18. The summed E-state index contributed by atoms with van der Waals surface area (Å²) in [4.78, 5) is 3.00. The van der Waals surface area contributed by atoms with E-state index in [0.717, 1.165) is 23.7 Å². The molecule has 2 nitrogen and oxygen atoms in total. The van der Waals surface area contributed by atoms with E-state index in [9.17, 15) is 8.78 Å². The van der Waals surface area contributed by atoms with Gasteiger partial charge in [-0.1, -0.05) is 0 Å². The van der Waals surface area contributed by atoms with Crippen LogP contribution in [0.4, 0.5) is 8.78 Å². The molecule has 1 aromatic carbocycles. The molecule has 0 radical (unpaired) electrons. The summed E-state index contributed by atoms with van der Waals surface area (Å²) in [6.45, 7) is 2.65. The average Bonchev–Trinajstić information content (AvgIpc) is 2.63. The fraction of sp³-hybridized carbons (Fsp3) is 0.333. The Balaban J connectivity index is 2.33. The van der Waals surface area contributed by atoms with Gasteiger partial charge in [-0.2, -0.15) is 0 Å². The molecular weight excluding hydrogens is 210 g/mol. The first-order valence-corrected chi connectivity index (χ1v) is 5.37. The molecule has 84 valence electrons. The van der Waals surface area contributed by atoms with E-state index in [4.69, 9.17) is 0 Å². The van der Waals surface area contributed by atoms with Gasteiger partial charge in [0.05, 0.1) is 5.52 Å². The van der Waals surface area contributed by atoms with E-state index in [1.165, 1.54) is 6.07 Å². The molecule has 0 fully saturated rings. The van der Waals surface area contributed by atoms with E-state index < -0.39 is 5.82 Å². The summed E-state index contributed by atoms with van der Waals surface area (Å²) in [5.41, 5.74) is 2.11. The predicted octanol–water partition coefficient (Wildman–Crippen LogP) is 2.48. The summed E-state index contributed by atoms with van der Waals surface area (Å²) in [7, 11) is 0. The molecule has 2 heterocycles.